The standard InChI is InChI=1S/C24H17BrFN3O3S/c25-16-6-11-20(32-14-22(30)28-18-9-7-17(26)8-10-18)15(12-16)13-21-23(31)29(24(27)33-21)19-4-2-1-3-5-19/h1-13,27H,14H2,(H,28,30)/b21-13-,27-24?. The molecule has 0 atom stereocenters. The van der Waals surface area contributed by atoms with Crippen LogP contribution in [-0.2, 0) is 9.59 Å². The summed E-state index contributed by atoms with van der Waals surface area (Å²) in [6.45, 7) is -0.276. The summed E-state index contributed by atoms with van der Waals surface area (Å²) in [7, 11) is 0. The Kier molecular flexibility index (Phi) is 6.90. The number of amidine groups is 1. The van der Waals surface area contributed by atoms with E-state index in [9.17, 15) is 14.0 Å². The molecule has 4 rings (SSSR count). The summed E-state index contributed by atoms with van der Waals surface area (Å²) in [5, 5.41) is 11.0. The van der Waals surface area contributed by atoms with Crippen LogP contribution in [0.3, 0.4) is 0 Å². The first-order chi connectivity index (χ1) is 15.9. The van der Waals surface area contributed by atoms with E-state index >= 15 is 0 Å². The van der Waals surface area contributed by atoms with Crippen LogP contribution >= 0.6 is 27.7 Å². The first-order valence-corrected chi connectivity index (χ1v) is 11.4. The third-order valence-corrected chi connectivity index (χ3v) is 5.96. The predicted molar refractivity (Wildman–Crippen MR) is 132 cm³/mol. The van der Waals surface area contributed by atoms with Crippen molar-refractivity contribution in [3.8, 4) is 5.75 Å². The Morgan fingerprint density at radius 2 is 1.85 bits per heavy atom. The molecule has 6 nitrogen and oxygen atoms in total. The number of benzene rings is 3. The highest BCUT2D eigenvalue weighted by Crippen LogP contribution is 2.36. The maximum absolute atomic E-state index is 13.0. The van der Waals surface area contributed by atoms with Gasteiger partial charge in [0.25, 0.3) is 11.8 Å². The van der Waals surface area contributed by atoms with Crippen molar-refractivity contribution in [1.29, 1.82) is 5.41 Å². The molecule has 0 aromatic heterocycles. The number of nitrogens with zero attached hydrogens (tertiary/aromatic N) is 1. The van der Waals surface area contributed by atoms with Gasteiger partial charge in [-0.05, 0) is 72.4 Å². The van der Waals surface area contributed by atoms with Crippen LogP contribution in [0.15, 0.2) is 82.2 Å². The number of anilines is 2. The second kappa shape index (κ2) is 10.0. The molecule has 9 heteroatoms. The van der Waals surface area contributed by atoms with Gasteiger partial charge < -0.3 is 10.1 Å². The number of hydrogen-bond acceptors (Lipinski definition) is 5. The molecule has 1 aliphatic rings. The zero-order chi connectivity index (χ0) is 23.4. The van der Waals surface area contributed by atoms with Crippen LogP contribution in [0.4, 0.5) is 15.8 Å². The predicted octanol–water partition coefficient (Wildman–Crippen LogP) is 5.66. The monoisotopic (exact) mass is 525 g/mol. The van der Waals surface area contributed by atoms with Crippen molar-refractivity contribution in [2.45, 2.75) is 0 Å². The van der Waals surface area contributed by atoms with Crippen molar-refractivity contribution >= 4 is 62.1 Å². The number of rotatable bonds is 6. The molecular formula is C24H17BrFN3O3S. The van der Waals surface area contributed by atoms with Gasteiger partial charge in [0, 0.05) is 15.7 Å². The summed E-state index contributed by atoms with van der Waals surface area (Å²) in [6.07, 6.45) is 1.64. The maximum Gasteiger partial charge on any atom is 0.271 e. The van der Waals surface area contributed by atoms with Gasteiger partial charge in [0.05, 0.1) is 10.6 Å². The zero-order valence-electron chi connectivity index (χ0n) is 17.0. The number of para-hydroxylation sites is 1. The first-order valence-electron chi connectivity index (χ1n) is 9.76. The smallest absolute Gasteiger partial charge is 0.271 e. The quantitative estimate of drug-likeness (QED) is 0.406. The molecule has 3 aromatic carbocycles. The van der Waals surface area contributed by atoms with Gasteiger partial charge in [-0.1, -0.05) is 34.1 Å². The van der Waals surface area contributed by atoms with Crippen LogP contribution < -0.4 is 15.0 Å². The van der Waals surface area contributed by atoms with Gasteiger partial charge in [-0.2, -0.15) is 0 Å². The molecule has 2 N–H and O–H groups in total. The highest BCUT2D eigenvalue weighted by Gasteiger charge is 2.33. The Bertz CT molecular complexity index is 1250. The second-order valence-corrected chi connectivity index (χ2v) is 8.86. The molecule has 0 unspecified atom stereocenters. The summed E-state index contributed by atoms with van der Waals surface area (Å²) in [6, 6.07) is 19.6. The minimum atomic E-state index is -0.411. The summed E-state index contributed by atoms with van der Waals surface area (Å²) < 4.78 is 19.5. The number of ether oxygens (including phenoxy) is 1. The van der Waals surface area contributed by atoms with Crippen LogP contribution in [0, 0.1) is 11.2 Å². The van der Waals surface area contributed by atoms with E-state index in [0.717, 1.165) is 16.2 Å². The molecular weight excluding hydrogens is 509 g/mol. The molecule has 0 radical (unpaired) electrons. The van der Waals surface area contributed by atoms with Gasteiger partial charge in [0.15, 0.2) is 11.8 Å². The number of nitrogens with one attached hydrogen (secondary N) is 2. The van der Waals surface area contributed by atoms with E-state index in [2.05, 4.69) is 21.2 Å². The summed E-state index contributed by atoms with van der Waals surface area (Å²) >= 11 is 4.47. The van der Waals surface area contributed by atoms with E-state index in [-0.39, 0.29) is 17.7 Å². The molecule has 3 aromatic rings. The summed E-state index contributed by atoms with van der Waals surface area (Å²) in [5.41, 5.74) is 1.65. The molecule has 2 amide bonds. The fraction of sp³-hybridized carbons (Fsp3) is 0.0417. The lowest BCUT2D eigenvalue weighted by atomic mass is 10.2. The number of halogens is 2. The van der Waals surface area contributed by atoms with Gasteiger partial charge in [0.1, 0.15) is 11.6 Å². The molecule has 0 spiro atoms. The van der Waals surface area contributed by atoms with E-state index in [4.69, 9.17) is 10.1 Å². The van der Waals surface area contributed by atoms with Gasteiger partial charge in [-0.25, -0.2) is 4.39 Å². The number of amides is 2. The number of carbonyl (C=O) groups excluding carboxylic acids is 2. The molecule has 1 heterocycles. The summed E-state index contributed by atoms with van der Waals surface area (Å²) in [5.74, 6) is -0.712. The van der Waals surface area contributed by atoms with Crippen molar-refractivity contribution in [3.63, 3.8) is 0 Å². The van der Waals surface area contributed by atoms with Crippen molar-refractivity contribution in [3.05, 3.63) is 93.6 Å². The van der Waals surface area contributed by atoms with Crippen LogP contribution in [0.5, 0.6) is 5.75 Å². The SMILES string of the molecule is N=C1S/C(=C\c2cc(Br)ccc2OCC(=O)Nc2ccc(F)cc2)C(=O)N1c1ccccc1. The Balaban J connectivity index is 1.50. The maximum atomic E-state index is 13.0. The first kappa shape index (κ1) is 22.8. The average Bonchev–Trinajstić information content (AvgIpc) is 3.08. The Morgan fingerprint density at radius 1 is 1.12 bits per heavy atom. The third kappa shape index (κ3) is 5.50. The van der Waals surface area contributed by atoms with Crippen LogP contribution in [-0.4, -0.2) is 23.6 Å². The molecule has 0 aliphatic carbocycles. The van der Waals surface area contributed by atoms with Crippen LogP contribution in [0.2, 0.25) is 0 Å². The second-order valence-electron chi connectivity index (χ2n) is 6.92. The van der Waals surface area contributed by atoms with Crippen molar-refractivity contribution < 1.29 is 18.7 Å². The average molecular weight is 526 g/mol. The summed E-state index contributed by atoms with van der Waals surface area (Å²) in [4.78, 5) is 26.9. The number of hydrogen-bond donors (Lipinski definition) is 2. The largest absolute Gasteiger partial charge is 0.483 e. The van der Waals surface area contributed by atoms with E-state index in [1.165, 1.54) is 29.2 Å². The van der Waals surface area contributed by atoms with Gasteiger partial charge in [0.2, 0.25) is 0 Å². The van der Waals surface area contributed by atoms with E-state index in [0.29, 0.717) is 27.6 Å². The normalized spacial score (nSPS) is 14.6. The lowest BCUT2D eigenvalue weighted by Gasteiger charge is -2.13. The van der Waals surface area contributed by atoms with Gasteiger partial charge in [-0.15, -0.1) is 0 Å². The molecule has 1 fully saturated rings. The van der Waals surface area contributed by atoms with Crippen LogP contribution in [0.1, 0.15) is 5.56 Å². The molecule has 0 bridgehead atoms. The lowest BCUT2D eigenvalue weighted by Crippen LogP contribution is -2.27. The Morgan fingerprint density at radius 3 is 2.58 bits per heavy atom. The molecule has 0 saturated carbocycles. The van der Waals surface area contributed by atoms with Gasteiger partial charge >= 0.3 is 0 Å². The van der Waals surface area contributed by atoms with Crippen LogP contribution in [0.25, 0.3) is 6.08 Å². The highest BCUT2D eigenvalue weighted by atomic mass is 79.9. The van der Waals surface area contributed by atoms with Crippen molar-refractivity contribution in [2.24, 2.45) is 0 Å². The van der Waals surface area contributed by atoms with Crippen molar-refractivity contribution in [2.75, 3.05) is 16.8 Å². The Labute approximate surface area is 202 Å². The number of thioether (sulfide) groups is 1. The van der Waals surface area contributed by atoms with Crippen molar-refractivity contribution in [1.82, 2.24) is 0 Å². The lowest BCUT2D eigenvalue weighted by molar-refractivity contribution is -0.118. The molecule has 1 aliphatic heterocycles. The topological polar surface area (TPSA) is 82.5 Å². The fourth-order valence-corrected chi connectivity index (χ4v) is 4.31. The number of carbonyl (C=O) groups is 2. The Hall–Kier alpha value is -3.43. The van der Waals surface area contributed by atoms with E-state index in [1.54, 1.807) is 48.5 Å². The molecule has 33 heavy (non-hydrogen) atoms. The fourth-order valence-electron chi connectivity index (χ4n) is 3.08. The third-order valence-electron chi connectivity index (χ3n) is 4.58. The zero-order valence-corrected chi connectivity index (χ0v) is 19.5. The highest BCUT2D eigenvalue weighted by molar-refractivity contribution is 9.10. The molecule has 166 valence electrons. The minimum Gasteiger partial charge on any atom is -0.483 e. The van der Waals surface area contributed by atoms with Gasteiger partial charge in [-0.3, -0.25) is 19.9 Å². The minimum absolute atomic E-state index is 0.105. The molecule has 1 saturated heterocycles. The van der Waals surface area contributed by atoms with E-state index in [1.807, 2.05) is 6.07 Å². The van der Waals surface area contributed by atoms with E-state index < -0.39 is 11.7 Å².